The van der Waals surface area contributed by atoms with E-state index in [0.717, 1.165) is 55.9 Å². The van der Waals surface area contributed by atoms with Gasteiger partial charge in [0.15, 0.2) is 0 Å². The predicted molar refractivity (Wildman–Crippen MR) is 128 cm³/mol. The zero-order chi connectivity index (χ0) is 25.6. The molecule has 0 spiro atoms. The van der Waals surface area contributed by atoms with Crippen LogP contribution in [0.25, 0.3) is 0 Å². The van der Waals surface area contributed by atoms with Crippen LogP contribution >= 0.6 is 0 Å². The topological polar surface area (TPSA) is 93.4 Å². The van der Waals surface area contributed by atoms with E-state index in [4.69, 9.17) is 10.5 Å². The predicted octanol–water partition coefficient (Wildman–Crippen LogP) is 4.60. The maximum absolute atomic E-state index is 12.3. The number of hydrogen-bond acceptors (Lipinski definition) is 6. The van der Waals surface area contributed by atoms with E-state index in [2.05, 4.69) is 28.4 Å². The molecule has 1 atom stereocenters. The molecule has 0 radical (unpaired) electrons. The molecule has 188 valence electrons. The zero-order valence-corrected chi connectivity index (χ0v) is 19.8. The normalized spacial score (nSPS) is 17.0. The number of ether oxygens (including phenoxy) is 1. The number of rotatable bonds is 4. The summed E-state index contributed by atoms with van der Waals surface area (Å²) in [4.78, 5) is 20.6. The summed E-state index contributed by atoms with van der Waals surface area (Å²) >= 11 is 0. The van der Waals surface area contributed by atoms with Gasteiger partial charge < -0.3 is 20.7 Å². The lowest BCUT2D eigenvalue weighted by Gasteiger charge is -2.13. The number of nitrogen functional groups attached to an aromatic ring is 1. The number of halogens is 3. The second kappa shape index (κ2) is 15.0. The SMILES string of the molecule is C=C.CC.FC(F)(F)c1ccc(COC2CCNC2)cc1.Nc1ncc(N2CCCC2=O)cn1. The Morgan fingerprint density at radius 1 is 1.18 bits per heavy atom. The summed E-state index contributed by atoms with van der Waals surface area (Å²) in [6.45, 7) is 12.9. The quantitative estimate of drug-likeness (QED) is 0.620. The molecule has 10 heteroatoms. The average Bonchev–Trinajstić information content (AvgIpc) is 3.53. The van der Waals surface area contributed by atoms with Gasteiger partial charge in [-0.3, -0.25) is 4.79 Å². The smallest absolute Gasteiger partial charge is 0.372 e. The number of nitrogens with zero attached hydrogens (tertiary/aromatic N) is 3. The molecule has 2 aliphatic heterocycles. The van der Waals surface area contributed by atoms with Gasteiger partial charge in [0, 0.05) is 19.5 Å². The summed E-state index contributed by atoms with van der Waals surface area (Å²) in [5, 5.41) is 3.16. The highest BCUT2D eigenvalue weighted by molar-refractivity contribution is 5.94. The number of aromatic nitrogens is 2. The molecule has 1 aromatic carbocycles. The van der Waals surface area contributed by atoms with Gasteiger partial charge in [0.25, 0.3) is 0 Å². The first kappa shape index (κ1) is 29.1. The first-order valence-electron chi connectivity index (χ1n) is 11.2. The van der Waals surface area contributed by atoms with Crippen molar-refractivity contribution in [1.82, 2.24) is 15.3 Å². The number of amides is 1. The van der Waals surface area contributed by atoms with Crippen molar-refractivity contribution in [3.8, 4) is 0 Å². The van der Waals surface area contributed by atoms with Crippen molar-refractivity contribution in [3.05, 3.63) is 60.9 Å². The molecule has 7 nitrogen and oxygen atoms in total. The Morgan fingerprint density at radius 3 is 2.26 bits per heavy atom. The minimum absolute atomic E-state index is 0.133. The largest absolute Gasteiger partial charge is 0.416 e. The number of hydrogen-bond donors (Lipinski definition) is 2. The molecule has 2 aliphatic rings. The summed E-state index contributed by atoms with van der Waals surface area (Å²) in [5.41, 5.74) is 6.21. The van der Waals surface area contributed by atoms with Gasteiger partial charge in [-0.2, -0.15) is 13.2 Å². The number of alkyl halides is 3. The molecule has 0 saturated carbocycles. The van der Waals surface area contributed by atoms with Crippen molar-refractivity contribution in [1.29, 1.82) is 0 Å². The maximum atomic E-state index is 12.3. The lowest BCUT2D eigenvalue weighted by Crippen LogP contribution is -2.24. The fraction of sp³-hybridized carbons (Fsp3) is 0.458. The van der Waals surface area contributed by atoms with Crippen molar-refractivity contribution in [3.63, 3.8) is 0 Å². The standard InChI is InChI=1S/C12H14F3NO.C8H10N4O.C2H6.C2H4/c13-12(14,15)10-3-1-9(2-4-10)8-17-11-5-6-16-7-11;9-8-10-4-6(5-11-8)12-3-1-2-7(12)13;2*1-2/h1-4,11,16H,5-8H2;4-5H,1-3H2,(H2,9,10,11);1-2H3;1-2H2. The average molecular weight is 482 g/mol. The van der Waals surface area contributed by atoms with Crippen LogP contribution in [0.5, 0.6) is 0 Å². The number of carbonyl (C=O) groups excluding carboxylic acids is 1. The molecule has 1 amide bonds. The van der Waals surface area contributed by atoms with Crippen LogP contribution in [0.15, 0.2) is 49.8 Å². The molecule has 34 heavy (non-hydrogen) atoms. The van der Waals surface area contributed by atoms with Gasteiger partial charge in [-0.1, -0.05) is 26.0 Å². The maximum Gasteiger partial charge on any atom is 0.416 e. The fourth-order valence-electron chi connectivity index (χ4n) is 3.17. The zero-order valence-electron chi connectivity index (χ0n) is 19.8. The van der Waals surface area contributed by atoms with Crippen LogP contribution in [0.2, 0.25) is 0 Å². The first-order valence-corrected chi connectivity index (χ1v) is 11.2. The second-order valence-corrected chi connectivity index (χ2v) is 7.07. The van der Waals surface area contributed by atoms with Gasteiger partial charge in [0.1, 0.15) is 0 Å². The Bertz CT molecular complexity index is 839. The Hall–Kier alpha value is -2.98. The van der Waals surface area contributed by atoms with Crippen molar-refractivity contribution in [2.75, 3.05) is 30.3 Å². The molecule has 0 bridgehead atoms. The third-order valence-electron chi connectivity index (χ3n) is 4.83. The van der Waals surface area contributed by atoms with Crippen molar-refractivity contribution >= 4 is 17.5 Å². The van der Waals surface area contributed by atoms with E-state index in [9.17, 15) is 18.0 Å². The van der Waals surface area contributed by atoms with Crippen LogP contribution in [-0.2, 0) is 22.3 Å². The fourth-order valence-corrected chi connectivity index (χ4v) is 3.17. The second-order valence-electron chi connectivity index (χ2n) is 7.07. The van der Waals surface area contributed by atoms with E-state index < -0.39 is 11.7 Å². The molecule has 2 aromatic rings. The van der Waals surface area contributed by atoms with Gasteiger partial charge >= 0.3 is 6.18 Å². The Balaban J connectivity index is 0.000000304. The Labute approximate surface area is 199 Å². The van der Waals surface area contributed by atoms with Gasteiger partial charge in [-0.05, 0) is 37.1 Å². The summed E-state index contributed by atoms with van der Waals surface area (Å²) in [7, 11) is 0. The third-order valence-corrected chi connectivity index (χ3v) is 4.83. The Kier molecular flexibility index (Phi) is 12.8. The molecular weight excluding hydrogens is 447 g/mol. The van der Waals surface area contributed by atoms with E-state index >= 15 is 0 Å². The van der Waals surface area contributed by atoms with Crippen LogP contribution in [0.4, 0.5) is 24.8 Å². The highest BCUT2D eigenvalue weighted by Gasteiger charge is 2.30. The molecule has 2 saturated heterocycles. The molecule has 0 aliphatic carbocycles. The van der Waals surface area contributed by atoms with Crippen LogP contribution in [-0.4, -0.2) is 41.6 Å². The minimum atomic E-state index is -4.27. The molecule has 1 unspecified atom stereocenters. The van der Waals surface area contributed by atoms with Crippen LogP contribution in [0, 0.1) is 0 Å². The van der Waals surface area contributed by atoms with E-state index in [0.29, 0.717) is 13.0 Å². The van der Waals surface area contributed by atoms with E-state index in [-0.39, 0.29) is 18.0 Å². The molecule has 3 heterocycles. The Morgan fingerprint density at radius 2 is 1.79 bits per heavy atom. The number of nitrogens with two attached hydrogens (primary N) is 1. The summed E-state index contributed by atoms with van der Waals surface area (Å²) < 4.78 is 42.5. The van der Waals surface area contributed by atoms with Crippen molar-refractivity contribution < 1.29 is 22.7 Å². The third kappa shape index (κ3) is 9.48. The highest BCUT2D eigenvalue weighted by Crippen LogP contribution is 2.29. The number of benzene rings is 1. The minimum Gasteiger partial charge on any atom is -0.372 e. The first-order chi connectivity index (χ1) is 16.3. The van der Waals surface area contributed by atoms with Crippen molar-refractivity contribution in [2.45, 2.75) is 52.0 Å². The molecular formula is C24H34F3N5O2. The molecule has 2 fully saturated rings. The molecule has 4 rings (SSSR count). The van der Waals surface area contributed by atoms with Crippen LogP contribution in [0.1, 0.15) is 44.2 Å². The van der Waals surface area contributed by atoms with Gasteiger partial charge in [0.05, 0.1) is 36.4 Å². The van der Waals surface area contributed by atoms with Gasteiger partial charge in [-0.15, -0.1) is 13.2 Å². The van der Waals surface area contributed by atoms with Gasteiger partial charge in [0.2, 0.25) is 11.9 Å². The van der Waals surface area contributed by atoms with Gasteiger partial charge in [-0.25, -0.2) is 9.97 Å². The summed E-state index contributed by atoms with van der Waals surface area (Å²) in [5.74, 6) is 0.365. The summed E-state index contributed by atoms with van der Waals surface area (Å²) in [6, 6.07) is 5.10. The van der Waals surface area contributed by atoms with Crippen LogP contribution < -0.4 is 16.0 Å². The van der Waals surface area contributed by atoms with E-state index in [1.807, 2.05) is 13.8 Å². The van der Waals surface area contributed by atoms with Crippen molar-refractivity contribution in [2.24, 2.45) is 0 Å². The number of nitrogens with one attached hydrogen (secondary N) is 1. The molecule has 1 aromatic heterocycles. The lowest BCUT2D eigenvalue weighted by atomic mass is 10.1. The van der Waals surface area contributed by atoms with E-state index in [1.165, 1.54) is 12.1 Å². The summed E-state index contributed by atoms with van der Waals surface area (Å²) in [6.07, 6.45) is 1.54. The lowest BCUT2D eigenvalue weighted by molar-refractivity contribution is -0.137. The highest BCUT2D eigenvalue weighted by atomic mass is 19.4. The monoisotopic (exact) mass is 481 g/mol. The van der Waals surface area contributed by atoms with E-state index in [1.54, 1.807) is 17.3 Å². The number of anilines is 2. The number of carbonyl (C=O) groups is 1. The molecule has 3 N–H and O–H groups in total. The van der Waals surface area contributed by atoms with Crippen LogP contribution in [0.3, 0.4) is 0 Å².